The molecule has 1 heterocycles. The second-order valence-electron chi connectivity index (χ2n) is 4.23. The van der Waals surface area contributed by atoms with Gasteiger partial charge in [-0.15, -0.1) is 0 Å². The van der Waals surface area contributed by atoms with Gasteiger partial charge in [-0.05, 0) is 18.2 Å². The quantitative estimate of drug-likeness (QED) is 0.825. The Hall–Kier alpha value is -2.57. The fraction of sp³-hybridized carbons (Fsp3) is 0.0714. The Labute approximate surface area is 117 Å². The molecule has 1 aliphatic rings. The minimum atomic E-state index is -4.77. The van der Waals surface area contributed by atoms with Crippen LogP contribution in [0, 0.1) is 5.82 Å². The maximum Gasteiger partial charge on any atom is 0.416 e. The molecule has 0 spiro atoms. The highest BCUT2D eigenvalue weighted by molar-refractivity contribution is 5.99. The van der Waals surface area contributed by atoms with E-state index < -0.39 is 29.0 Å². The summed E-state index contributed by atoms with van der Waals surface area (Å²) in [5, 5.41) is 2.69. The first kappa shape index (κ1) is 14.8. The van der Waals surface area contributed by atoms with Crippen molar-refractivity contribution in [3.05, 3.63) is 65.3 Å². The predicted molar refractivity (Wildman–Crippen MR) is 69.3 cm³/mol. The highest BCUT2D eigenvalue weighted by atomic mass is 19.4. The predicted octanol–water partition coefficient (Wildman–Crippen LogP) is 2.96. The van der Waals surface area contributed by atoms with Gasteiger partial charge in [-0.3, -0.25) is 4.79 Å². The van der Waals surface area contributed by atoms with Gasteiger partial charge in [0.1, 0.15) is 5.82 Å². The Morgan fingerprint density at radius 2 is 1.90 bits per heavy atom. The minimum Gasteiger partial charge on any atom is -0.367 e. The van der Waals surface area contributed by atoms with Gasteiger partial charge in [0.15, 0.2) is 0 Å². The summed E-state index contributed by atoms with van der Waals surface area (Å²) in [6.07, 6.45) is 2.74. The van der Waals surface area contributed by atoms with Crippen LogP contribution in [0.25, 0.3) is 5.57 Å². The Morgan fingerprint density at radius 1 is 1.19 bits per heavy atom. The number of halogens is 4. The highest BCUT2D eigenvalue weighted by Crippen LogP contribution is 2.34. The summed E-state index contributed by atoms with van der Waals surface area (Å²) in [6.45, 7) is 0. The summed E-state index contributed by atoms with van der Waals surface area (Å²) < 4.78 is 52.1. The number of carbonyl (C=O) groups excluding carboxylic acids is 1. The third kappa shape index (κ3) is 3.13. The Morgan fingerprint density at radius 3 is 2.52 bits per heavy atom. The Balaban J connectivity index is 2.66. The van der Waals surface area contributed by atoms with E-state index in [4.69, 9.17) is 5.73 Å². The van der Waals surface area contributed by atoms with Crippen molar-refractivity contribution >= 4 is 11.5 Å². The summed E-state index contributed by atoms with van der Waals surface area (Å²) >= 11 is 0. The molecule has 0 saturated carbocycles. The first-order valence-corrected chi connectivity index (χ1v) is 5.81. The van der Waals surface area contributed by atoms with Crippen molar-refractivity contribution < 1.29 is 22.4 Å². The third-order valence-corrected chi connectivity index (χ3v) is 2.79. The van der Waals surface area contributed by atoms with Crippen LogP contribution in [0.3, 0.4) is 0 Å². The van der Waals surface area contributed by atoms with Gasteiger partial charge in [0.25, 0.3) is 0 Å². The molecule has 110 valence electrons. The van der Waals surface area contributed by atoms with Crippen LogP contribution < -0.4 is 11.1 Å². The van der Waals surface area contributed by atoms with Crippen molar-refractivity contribution in [2.24, 2.45) is 5.73 Å². The van der Waals surface area contributed by atoms with Crippen molar-refractivity contribution in [1.82, 2.24) is 5.32 Å². The number of hydrogen-bond donors (Lipinski definition) is 2. The van der Waals surface area contributed by atoms with E-state index >= 15 is 0 Å². The number of allylic oxidation sites excluding steroid dienone is 4. The fourth-order valence-electron chi connectivity index (χ4n) is 1.87. The molecule has 1 amide bonds. The SMILES string of the molecule is NC(=O)c1cc(C(F)(F)F)cc(F)c1C1=CNC=CC=C1. The molecule has 7 heteroatoms. The summed E-state index contributed by atoms with van der Waals surface area (Å²) in [5.41, 5.74) is 3.23. The minimum absolute atomic E-state index is 0.208. The zero-order chi connectivity index (χ0) is 15.6. The van der Waals surface area contributed by atoms with Gasteiger partial charge in [-0.25, -0.2) is 4.39 Å². The summed E-state index contributed by atoms with van der Waals surface area (Å²) in [5.74, 6) is -2.31. The molecular weight excluding hydrogens is 288 g/mol. The third-order valence-electron chi connectivity index (χ3n) is 2.79. The second-order valence-corrected chi connectivity index (χ2v) is 4.23. The number of benzene rings is 1. The van der Waals surface area contributed by atoms with Crippen molar-refractivity contribution in [3.8, 4) is 0 Å². The van der Waals surface area contributed by atoms with E-state index in [9.17, 15) is 22.4 Å². The van der Waals surface area contributed by atoms with Crippen molar-refractivity contribution in [2.45, 2.75) is 6.18 Å². The van der Waals surface area contributed by atoms with Crippen molar-refractivity contribution in [2.75, 3.05) is 0 Å². The number of rotatable bonds is 2. The van der Waals surface area contributed by atoms with Gasteiger partial charge in [-0.1, -0.05) is 12.2 Å². The van der Waals surface area contributed by atoms with E-state index in [-0.39, 0.29) is 11.1 Å². The molecule has 0 atom stereocenters. The number of nitrogens with one attached hydrogen (secondary N) is 1. The second kappa shape index (κ2) is 5.43. The average molecular weight is 298 g/mol. The lowest BCUT2D eigenvalue weighted by Crippen LogP contribution is -2.17. The molecule has 0 aromatic heterocycles. The van der Waals surface area contributed by atoms with Crippen LogP contribution in [-0.2, 0) is 6.18 Å². The fourth-order valence-corrected chi connectivity index (χ4v) is 1.87. The summed E-state index contributed by atoms with van der Waals surface area (Å²) in [7, 11) is 0. The topological polar surface area (TPSA) is 55.1 Å². The largest absolute Gasteiger partial charge is 0.416 e. The van der Waals surface area contributed by atoms with Gasteiger partial charge in [0, 0.05) is 23.5 Å². The lowest BCUT2D eigenvalue weighted by atomic mass is 9.96. The number of amides is 1. The number of primary amides is 1. The number of hydrogen-bond acceptors (Lipinski definition) is 2. The first-order valence-electron chi connectivity index (χ1n) is 5.81. The molecule has 0 radical (unpaired) electrons. The molecule has 1 aromatic rings. The zero-order valence-electron chi connectivity index (χ0n) is 10.5. The molecule has 0 bridgehead atoms. The Kier molecular flexibility index (Phi) is 3.84. The maximum absolute atomic E-state index is 14.1. The van der Waals surface area contributed by atoms with Crippen LogP contribution in [0.2, 0.25) is 0 Å². The normalized spacial score (nSPS) is 14.4. The summed E-state index contributed by atoms with van der Waals surface area (Å²) in [6, 6.07) is 0.891. The van der Waals surface area contributed by atoms with Gasteiger partial charge >= 0.3 is 6.18 Å². The van der Waals surface area contributed by atoms with Gasteiger partial charge in [0.05, 0.1) is 11.1 Å². The van der Waals surface area contributed by atoms with Crippen LogP contribution in [-0.4, -0.2) is 5.91 Å². The van der Waals surface area contributed by atoms with Crippen LogP contribution in [0.4, 0.5) is 17.6 Å². The monoisotopic (exact) mass is 298 g/mol. The Bertz CT molecular complexity index is 672. The molecule has 3 nitrogen and oxygen atoms in total. The zero-order valence-corrected chi connectivity index (χ0v) is 10.5. The van der Waals surface area contributed by atoms with E-state index in [1.54, 1.807) is 12.2 Å². The van der Waals surface area contributed by atoms with E-state index in [0.717, 1.165) is 0 Å². The van der Waals surface area contributed by atoms with E-state index in [1.807, 2.05) is 0 Å². The standard InChI is InChI=1S/C14H10F4N2O/c15-11-6-9(14(16,17)18)5-10(13(19)21)12(11)8-3-1-2-4-20-7-8/h1-7,20H,(H2,19,21). The lowest BCUT2D eigenvalue weighted by Gasteiger charge is -2.13. The first-order chi connectivity index (χ1) is 9.80. The molecular formula is C14H10F4N2O. The number of nitrogens with two attached hydrogens (primary N) is 1. The van der Waals surface area contributed by atoms with Gasteiger partial charge < -0.3 is 11.1 Å². The molecule has 21 heavy (non-hydrogen) atoms. The smallest absolute Gasteiger partial charge is 0.367 e. The maximum atomic E-state index is 14.1. The highest BCUT2D eigenvalue weighted by Gasteiger charge is 2.33. The van der Waals surface area contributed by atoms with Crippen molar-refractivity contribution in [1.29, 1.82) is 0 Å². The average Bonchev–Trinajstić information content (AvgIpc) is 2.65. The molecule has 2 rings (SSSR count). The van der Waals surface area contributed by atoms with Crippen LogP contribution in [0.1, 0.15) is 21.5 Å². The molecule has 1 aliphatic heterocycles. The van der Waals surface area contributed by atoms with Gasteiger partial charge in [-0.2, -0.15) is 13.2 Å². The van der Waals surface area contributed by atoms with E-state index in [2.05, 4.69) is 5.32 Å². The lowest BCUT2D eigenvalue weighted by molar-refractivity contribution is -0.137. The number of carbonyl (C=O) groups is 1. The molecule has 1 aromatic carbocycles. The summed E-state index contributed by atoms with van der Waals surface area (Å²) in [4.78, 5) is 11.4. The molecule has 0 fully saturated rings. The van der Waals surface area contributed by atoms with Crippen LogP contribution >= 0.6 is 0 Å². The van der Waals surface area contributed by atoms with E-state index in [0.29, 0.717) is 12.1 Å². The molecule has 0 saturated heterocycles. The molecule has 3 N–H and O–H groups in total. The molecule has 0 aliphatic carbocycles. The number of alkyl halides is 3. The van der Waals surface area contributed by atoms with Gasteiger partial charge in [0.2, 0.25) is 5.91 Å². The molecule has 0 unspecified atom stereocenters. The van der Waals surface area contributed by atoms with Crippen LogP contribution in [0.5, 0.6) is 0 Å². The van der Waals surface area contributed by atoms with Crippen LogP contribution in [0.15, 0.2) is 42.8 Å². The van der Waals surface area contributed by atoms with E-state index in [1.165, 1.54) is 18.5 Å². The van der Waals surface area contributed by atoms with Crippen molar-refractivity contribution in [3.63, 3.8) is 0 Å².